The molecule has 0 aliphatic rings. The fourth-order valence-corrected chi connectivity index (χ4v) is 1.42. The Bertz CT molecular complexity index is 328. The molecule has 0 aromatic heterocycles. The van der Waals surface area contributed by atoms with Crippen molar-refractivity contribution in [3.8, 4) is 0 Å². The highest BCUT2D eigenvalue weighted by Crippen LogP contribution is 2.23. The maximum atomic E-state index is 11.0. The fraction of sp³-hybridized carbons (Fsp3) is 0.300. The van der Waals surface area contributed by atoms with Gasteiger partial charge in [0.2, 0.25) is 0 Å². The van der Waals surface area contributed by atoms with Crippen LogP contribution in [0, 0.1) is 0 Å². The number of carbonyl (C=O) groups is 1. The molecule has 0 aliphatic heterocycles. The van der Waals surface area contributed by atoms with Gasteiger partial charge >= 0.3 is 5.97 Å². The van der Waals surface area contributed by atoms with Crippen LogP contribution in [0.3, 0.4) is 0 Å². The lowest BCUT2D eigenvalue weighted by molar-refractivity contribution is -0.141. The predicted molar refractivity (Wildman–Crippen MR) is 55.0 cm³/mol. The maximum absolute atomic E-state index is 11.0. The zero-order valence-electron chi connectivity index (χ0n) is 7.87. The monoisotopic (exact) mass is 213 g/mol. The number of hydrogen-bond donors (Lipinski definition) is 1. The first-order chi connectivity index (χ1) is 6.65. The van der Waals surface area contributed by atoms with E-state index in [2.05, 4.69) is 4.74 Å². The number of carbonyl (C=O) groups excluding carboxylic acids is 1. The molecule has 1 atom stereocenters. The molecule has 0 heterocycles. The smallest absolute Gasteiger partial charge is 0.307 e. The number of benzene rings is 1. The first-order valence-corrected chi connectivity index (χ1v) is 4.59. The van der Waals surface area contributed by atoms with Crippen LogP contribution in [0.1, 0.15) is 18.0 Å². The average molecular weight is 214 g/mol. The van der Waals surface area contributed by atoms with Gasteiger partial charge in [0.05, 0.1) is 13.5 Å². The summed E-state index contributed by atoms with van der Waals surface area (Å²) in [5, 5.41) is 0.573. The Morgan fingerprint density at radius 1 is 1.57 bits per heavy atom. The van der Waals surface area contributed by atoms with Crippen LogP contribution in [0.4, 0.5) is 0 Å². The van der Waals surface area contributed by atoms with E-state index in [9.17, 15) is 4.79 Å². The van der Waals surface area contributed by atoms with E-state index in [0.29, 0.717) is 5.02 Å². The van der Waals surface area contributed by atoms with Crippen molar-refractivity contribution < 1.29 is 9.53 Å². The van der Waals surface area contributed by atoms with Gasteiger partial charge in [0.25, 0.3) is 0 Å². The molecule has 0 radical (unpaired) electrons. The molecule has 1 unspecified atom stereocenters. The van der Waals surface area contributed by atoms with Crippen molar-refractivity contribution in [1.82, 2.24) is 0 Å². The van der Waals surface area contributed by atoms with E-state index >= 15 is 0 Å². The Labute approximate surface area is 87.8 Å². The summed E-state index contributed by atoms with van der Waals surface area (Å²) in [6, 6.07) is 6.79. The lowest BCUT2D eigenvalue weighted by Gasteiger charge is -2.11. The van der Waals surface area contributed by atoms with Crippen molar-refractivity contribution in [2.75, 3.05) is 7.11 Å². The first kappa shape index (κ1) is 11.0. The van der Waals surface area contributed by atoms with E-state index in [1.165, 1.54) is 7.11 Å². The largest absolute Gasteiger partial charge is 0.469 e. The van der Waals surface area contributed by atoms with E-state index in [-0.39, 0.29) is 12.4 Å². The zero-order valence-corrected chi connectivity index (χ0v) is 8.62. The molecular formula is C10H12ClNO2. The number of esters is 1. The van der Waals surface area contributed by atoms with E-state index in [0.717, 1.165) is 5.56 Å². The van der Waals surface area contributed by atoms with Crippen LogP contribution in [0.15, 0.2) is 24.3 Å². The van der Waals surface area contributed by atoms with Crippen molar-refractivity contribution in [2.24, 2.45) is 5.73 Å². The molecule has 0 aliphatic carbocycles. The third-order valence-electron chi connectivity index (χ3n) is 1.92. The SMILES string of the molecule is COC(=O)CC(N)c1ccccc1Cl. The number of rotatable bonds is 3. The Balaban J connectivity index is 2.74. The first-order valence-electron chi connectivity index (χ1n) is 4.22. The molecule has 3 nitrogen and oxygen atoms in total. The van der Waals surface area contributed by atoms with Crippen LogP contribution in [0.5, 0.6) is 0 Å². The minimum absolute atomic E-state index is 0.139. The number of halogens is 1. The number of nitrogens with two attached hydrogens (primary N) is 1. The summed E-state index contributed by atoms with van der Waals surface area (Å²) in [5.74, 6) is -0.336. The molecule has 0 fully saturated rings. The molecule has 1 aromatic carbocycles. The van der Waals surface area contributed by atoms with Crippen molar-refractivity contribution in [1.29, 1.82) is 0 Å². The lowest BCUT2D eigenvalue weighted by atomic mass is 10.1. The van der Waals surface area contributed by atoms with Crippen LogP contribution in [-0.4, -0.2) is 13.1 Å². The Morgan fingerprint density at radius 2 is 2.21 bits per heavy atom. The maximum Gasteiger partial charge on any atom is 0.307 e. The normalized spacial score (nSPS) is 12.2. The average Bonchev–Trinajstić information content (AvgIpc) is 2.18. The van der Waals surface area contributed by atoms with Gasteiger partial charge in [-0.25, -0.2) is 0 Å². The highest BCUT2D eigenvalue weighted by Gasteiger charge is 2.13. The van der Waals surface area contributed by atoms with E-state index in [1.54, 1.807) is 12.1 Å². The van der Waals surface area contributed by atoms with Crippen LogP contribution >= 0.6 is 11.6 Å². The molecular weight excluding hydrogens is 202 g/mol. The van der Waals surface area contributed by atoms with Gasteiger partial charge in [-0.2, -0.15) is 0 Å². The third-order valence-corrected chi connectivity index (χ3v) is 2.26. The molecule has 0 saturated carbocycles. The standard InChI is InChI=1S/C10H12ClNO2/c1-14-10(13)6-9(12)7-4-2-3-5-8(7)11/h2-5,9H,6,12H2,1H3. The van der Waals surface area contributed by atoms with Gasteiger partial charge < -0.3 is 10.5 Å². The minimum atomic E-state index is -0.406. The summed E-state index contributed by atoms with van der Waals surface area (Å²) in [6.07, 6.45) is 0.139. The molecule has 0 bridgehead atoms. The van der Waals surface area contributed by atoms with Gasteiger partial charge in [-0.1, -0.05) is 29.8 Å². The van der Waals surface area contributed by atoms with E-state index in [1.807, 2.05) is 12.1 Å². The lowest BCUT2D eigenvalue weighted by Crippen LogP contribution is -2.16. The van der Waals surface area contributed by atoms with Crippen molar-refractivity contribution in [3.05, 3.63) is 34.9 Å². The van der Waals surface area contributed by atoms with Gasteiger partial charge in [0, 0.05) is 11.1 Å². The Hall–Kier alpha value is -1.06. The van der Waals surface area contributed by atoms with Gasteiger partial charge in [0.1, 0.15) is 0 Å². The quantitative estimate of drug-likeness (QED) is 0.781. The molecule has 4 heteroatoms. The zero-order chi connectivity index (χ0) is 10.6. The van der Waals surface area contributed by atoms with E-state index < -0.39 is 6.04 Å². The highest BCUT2D eigenvalue weighted by atomic mass is 35.5. The van der Waals surface area contributed by atoms with Crippen molar-refractivity contribution >= 4 is 17.6 Å². The summed E-state index contributed by atoms with van der Waals surface area (Å²) in [7, 11) is 1.33. The highest BCUT2D eigenvalue weighted by molar-refractivity contribution is 6.31. The molecule has 76 valence electrons. The van der Waals surface area contributed by atoms with Crippen LogP contribution in [0.2, 0.25) is 5.02 Å². The summed E-state index contributed by atoms with van der Waals surface area (Å²) in [6.45, 7) is 0. The van der Waals surface area contributed by atoms with Crippen molar-refractivity contribution in [3.63, 3.8) is 0 Å². The van der Waals surface area contributed by atoms with Crippen LogP contribution in [0.25, 0.3) is 0 Å². The summed E-state index contributed by atoms with van der Waals surface area (Å²) >= 11 is 5.91. The topological polar surface area (TPSA) is 52.3 Å². The second-order valence-electron chi connectivity index (χ2n) is 2.91. The Kier molecular flexibility index (Phi) is 3.92. The predicted octanol–water partition coefficient (Wildman–Crippen LogP) is 1.90. The van der Waals surface area contributed by atoms with Crippen molar-refractivity contribution in [2.45, 2.75) is 12.5 Å². The van der Waals surface area contributed by atoms with Gasteiger partial charge in [-0.15, -0.1) is 0 Å². The van der Waals surface area contributed by atoms with Gasteiger partial charge in [-0.3, -0.25) is 4.79 Å². The number of hydrogen-bond acceptors (Lipinski definition) is 3. The third kappa shape index (κ3) is 2.72. The van der Waals surface area contributed by atoms with Gasteiger partial charge in [0.15, 0.2) is 0 Å². The second kappa shape index (κ2) is 4.98. The summed E-state index contributed by atoms with van der Waals surface area (Å²) in [5.41, 5.74) is 6.55. The Morgan fingerprint density at radius 3 is 2.79 bits per heavy atom. The number of methoxy groups -OCH3 is 1. The fourth-order valence-electron chi connectivity index (χ4n) is 1.15. The number of ether oxygens (including phenoxy) is 1. The molecule has 14 heavy (non-hydrogen) atoms. The van der Waals surface area contributed by atoms with Crippen LogP contribution < -0.4 is 5.73 Å². The minimum Gasteiger partial charge on any atom is -0.469 e. The molecule has 0 amide bonds. The molecule has 1 rings (SSSR count). The molecule has 0 spiro atoms. The summed E-state index contributed by atoms with van der Waals surface area (Å²) < 4.78 is 4.52. The summed E-state index contributed by atoms with van der Waals surface area (Å²) in [4.78, 5) is 11.0. The molecule has 0 saturated heterocycles. The molecule has 1 aromatic rings. The van der Waals surface area contributed by atoms with Crippen LogP contribution in [-0.2, 0) is 9.53 Å². The van der Waals surface area contributed by atoms with Gasteiger partial charge in [-0.05, 0) is 11.6 Å². The second-order valence-corrected chi connectivity index (χ2v) is 3.32. The molecule has 2 N–H and O–H groups in total. The van der Waals surface area contributed by atoms with E-state index in [4.69, 9.17) is 17.3 Å².